The van der Waals surface area contributed by atoms with Crippen molar-refractivity contribution in [2.75, 3.05) is 33.2 Å². The molecule has 1 fully saturated rings. The van der Waals surface area contributed by atoms with Crippen LogP contribution >= 0.6 is 12.2 Å². The van der Waals surface area contributed by atoms with E-state index in [2.05, 4.69) is 23.8 Å². The maximum atomic E-state index is 5.53. The van der Waals surface area contributed by atoms with Crippen molar-refractivity contribution in [1.29, 1.82) is 0 Å². The van der Waals surface area contributed by atoms with Crippen LogP contribution in [0.25, 0.3) is 0 Å². The molecule has 16 heavy (non-hydrogen) atoms. The number of rotatable bonds is 5. The van der Waals surface area contributed by atoms with Gasteiger partial charge in [-0.15, -0.1) is 0 Å². The van der Waals surface area contributed by atoms with Crippen LogP contribution in [0.4, 0.5) is 0 Å². The molecule has 1 heterocycles. The van der Waals surface area contributed by atoms with Gasteiger partial charge in [0.2, 0.25) is 0 Å². The SMILES string of the molecule is CCC1CN(C)CCCN1CCCC(N)=S. The summed E-state index contributed by atoms with van der Waals surface area (Å²) in [5.74, 6) is 0. The molecule has 0 radical (unpaired) electrons. The molecule has 1 aliphatic rings. The highest BCUT2D eigenvalue weighted by molar-refractivity contribution is 7.80. The van der Waals surface area contributed by atoms with Crippen LogP contribution in [0.5, 0.6) is 0 Å². The zero-order chi connectivity index (χ0) is 12.0. The summed E-state index contributed by atoms with van der Waals surface area (Å²) in [6, 6.07) is 0.707. The molecule has 1 aliphatic heterocycles. The van der Waals surface area contributed by atoms with Crippen LogP contribution in [0.15, 0.2) is 0 Å². The normalized spacial score (nSPS) is 24.2. The fourth-order valence-electron chi connectivity index (χ4n) is 2.43. The van der Waals surface area contributed by atoms with Gasteiger partial charge >= 0.3 is 0 Å². The summed E-state index contributed by atoms with van der Waals surface area (Å²) in [6.45, 7) is 7.07. The Morgan fingerprint density at radius 2 is 2.19 bits per heavy atom. The second-order valence-corrected chi connectivity index (χ2v) is 5.31. The van der Waals surface area contributed by atoms with Crippen molar-refractivity contribution in [1.82, 2.24) is 9.80 Å². The number of thiocarbonyl (C=S) groups is 1. The van der Waals surface area contributed by atoms with Crippen LogP contribution in [-0.2, 0) is 0 Å². The van der Waals surface area contributed by atoms with Crippen LogP contribution in [0.1, 0.15) is 32.6 Å². The molecule has 0 spiro atoms. The van der Waals surface area contributed by atoms with Crippen LogP contribution in [0.2, 0.25) is 0 Å². The molecule has 0 aromatic rings. The minimum absolute atomic E-state index is 0.653. The summed E-state index contributed by atoms with van der Waals surface area (Å²) in [5.41, 5.74) is 5.53. The lowest BCUT2D eigenvalue weighted by atomic mass is 10.1. The molecule has 0 bridgehead atoms. The highest BCUT2D eigenvalue weighted by Gasteiger charge is 2.21. The molecule has 1 atom stereocenters. The Morgan fingerprint density at radius 1 is 1.44 bits per heavy atom. The Kier molecular flexibility index (Phi) is 6.24. The largest absolute Gasteiger partial charge is 0.393 e. The van der Waals surface area contributed by atoms with Crippen LogP contribution in [0, 0.1) is 0 Å². The number of nitrogens with zero attached hydrogens (tertiary/aromatic N) is 2. The fraction of sp³-hybridized carbons (Fsp3) is 0.917. The van der Waals surface area contributed by atoms with E-state index in [9.17, 15) is 0 Å². The summed E-state index contributed by atoms with van der Waals surface area (Å²) < 4.78 is 0. The van der Waals surface area contributed by atoms with E-state index in [-0.39, 0.29) is 0 Å². The van der Waals surface area contributed by atoms with Gasteiger partial charge in [-0.3, -0.25) is 4.90 Å². The minimum atomic E-state index is 0.653. The second-order valence-electron chi connectivity index (χ2n) is 4.78. The van der Waals surface area contributed by atoms with E-state index in [1.54, 1.807) is 0 Å². The van der Waals surface area contributed by atoms with E-state index in [4.69, 9.17) is 18.0 Å². The van der Waals surface area contributed by atoms with Crippen molar-refractivity contribution in [2.45, 2.75) is 38.6 Å². The Morgan fingerprint density at radius 3 is 2.81 bits per heavy atom. The van der Waals surface area contributed by atoms with Crippen molar-refractivity contribution in [2.24, 2.45) is 5.73 Å². The molecule has 0 aliphatic carbocycles. The molecule has 1 unspecified atom stereocenters. The van der Waals surface area contributed by atoms with E-state index in [1.165, 1.54) is 32.5 Å². The topological polar surface area (TPSA) is 32.5 Å². The van der Waals surface area contributed by atoms with Gasteiger partial charge < -0.3 is 10.6 Å². The zero-order valence-corrected chi connectivity index (χ0v) is 11.4. The first kappa shape index (κ1) is 13.9. The molecule has 2 N–H and O–H groups in total. The maximum absolute atomic E-state index is 5.53. The standard InChI is InChI=1S/C12H25N3S/c1-3-11-10-14(2)7-5-9-15(11)8-4-6-12(13)16/h11H,3-10H2,1-2H3,(H2,13,16). The smallest absolute Gasteiger partial charge is 0.0727 e. The third-order valence-electron chi connectivity index (χ3n) is 3.36. The van der Waals surface area contributed by atoms with Gasteiger partial charge in [0.05, 0.1) is 4.99 Å². The molecule has 1 rings (SSSR count). The summed E-state index contributed by atoms with van der Waals surface area (Å²) in [4.78, 5) is 5.71. The molecule has 4 heteroatoms. The van der Waals surface area contributed by atoms with E-state index in [0.717, 1.165) is 19.4 Å². The van der Waals surface area contributed by atoms with Gasteiger partial charge in [0.25, 0.3) is 0 Å². The van der Waals surface area contributed by atoms with Gasteiger partial charge in [0, 0.05) is 12.6 Å². The number of likely N-dealkylation sites (N-methyl/N-ethyl adjacent to an activating group) is 1. The Balaban J connectivity index is 2.38. The lowest BCUT2D eigenvalue weighted by molar-refractivity contribution is 0.182. The molecular weight excluding hydrogens is 218 g/mol. The summed E-state index contributed by atoms with van der Waals surface area (Å²) in [6.07, 6.45) is 4.51. The third kappa shape index (κ3) is 4.76. The third-order valence-corrected chi connectivity index (χ3v) is 3.57. The first-order valence-corrected chi connectivity index (χ1v) is 6.75. The average Bonchev–Trinajstić information content (AvgIpc) is 2.40. The van der Waals surface area contributed by atoms with E-state index in [1.807, 2.05) is 0 Å². The van der Waals surface area contributed by atoms with Crippen LogP contribution in [-0.4, -0.2) is 54.1 Å². The molecule has 0 aromatic heterocycles. The van der Waals surface area contributed by atoms with Crippen molar-refractivity contribution in [3.05, 3.63) is 0 Å². The minimum Gasteiger partial charge on any atom is -0.393 e. The number of hydrogen-bond acceptors (Lipinski definition) is 3. The van der Waals surface area contributed by atoms with E-state index in [0.29, 0.717) is 11.0 Å². The monoisotopic (exact) mass is 243 g/mol. The Labute approximate surface area is 105 Å². The van der Waals surface area contributed by atoms with Crippen molar-refractivity contribution >= 4 is 17.2 Å². The van der Waals surface area contributed by atoms with Crippen molar-refractivity contribution in [3.8, 4) is 0 Å². The summed E-state index contributed by atoms with van der Waals surface area (Å²) in [5, 5.41) is 0. The van der Waals surface area contributed by atoms with Gasteiger partial charge in [-0.1, -0.05) is 19.1 Å². The number of nitrogens with two attached hydrogens (primary N) is 1. The fourth-order valence-corrected chi connectivity index (χ4v) is 2.58. The molecule has 1 saturated heterocycles. The van der Waals surface area contributed by atoms with Crippen molar-refractivity contribution in [3.63, 3.8) is 0 Å². The van der Waals surface area contributed by atoms with Crippen molar-refractivity contribution < 1.29 is 0 Å². The molecule has 0 aromatic carbocycles. The van der Waals surface area contributed by atoms with Crippen LogP contribution < -0.4 is 5.73 Å². The maximum Gasteiger partial charge on any atom is 0.0727 e. The Bertz CT molecular complexity index is 220. The van der Waals surface area contributed by atoms with Gasteiger partial charge in [-0.25, -0.2) is 0 Å². The average molecular weight is 243 g/mol. The lowest BCUT2D eigenvalue weighted by Gasteiger charge is -2.30. The second kappa shape index (κ2) is 7.20. The lowest BCUT2D eigenvalue weighted by Crippen LogP contribution is -2.40. The molecule has 94 valence electrons. The first-order valence-electron chi connectivity index (χ1n) is 6.34. The molecule has 0 amide bonds. The van der Waals surface area contributed by atoms with Gasteiger partial charge in [-0.05, 0) is 52.4 Å². The quantitative estimate of drug-likeness (QED) is 0.741. The summed E-state index contributed by atoms with van der Waals surface area (Å²) >= 11 is 4.92. The molecule has 0 saturated carbocycles. The molecular formula is C12H25N3S. The molecule has 3 nitrogen and oxygen atoms in total. The first-order chi connectivity index (χ1) is 7.63. The van der Waals surface area contributed by atoms with E-state index >= 15 is 0 Å². The van der Waals surface area contributed by atoms with Gasteiger partial charge in [-0.2, -0.15) is 0 Å². The highest BCUT2D eigenvalue weighted by Crippen LogP contribution is 2.12. The predicted molar refractivity (Wildman–Crippen MR) is 73.8 cm³/mol. The highest BCUT2D eigenvalue weighted by atomic mass is 32.1. The van der Waals surface area contributed by atoms with E-state index < -0.39 is 0 Å². The zero-order valence-electron chi connectivity index (χ0n) is 10.6. The number of hydrogen-bond donors (Lipinski definition) is 1. The Hall–Kier alpha value is -0.190. The van der Waals surface area contributed by atoms with Gasteiger partial charge in [0.15, 0.2) is 0 Å². The van der Waals surface area contributed by atoms with Crippen LogP contribution in [0.3, 0.4) is 0 Å². The van der Waals surface area contributed by atoms with Gasteiger partial charge in [0.1, 0.15) is 0 Å². The predicted octanol–water partition coefficient (Wildman–Crippen LogP) is 1.47. The summed E-state index contributed by atoms with van der Waals surface area (Å²) in [7, 11) is 2.22.